The average molecular weight is 257 g/mol. The van der Waals surface area contributed by atoms with E-state index in [1.807, 2.05) is 0 Å². The van der Waals surface area contributed by atoms with Crippen LogP contribution in [-0.2, 0) is 4.74 Å². The zero-order valence-corrected chi connectivity index (χ0v) is 10.7. The van der Waals surface area contributed by atoms with E-state index in [4.69, 9.17) is 16.3 Å². The Morgan fingerprint density at radius 2 is 1.94 bits per heavy atom. The van der Waals surface area contributed by atoms with E-state index < -0.39 is 0 Å². The van der Waals surface area contributed by atoms with E-state index in [0.29, 0.717) is 5.15 Å². The highest BCUT2D eigenvalue weighted by Crippen LogP contribution is 2.20. The molecule has 1 aliphatic heterocycles. The van der Waals surface area contributed by atoms with Gasteiger partial charge in [-0.15, -0.1) is 0 Å². The molecule has 17 heavy (non-hydrogen) atoms. The Bertz CT molecular complexity index is 355. The Kier molecular flexibility index (Phi) is 4.53. The molecule has 5 nitrogen and oxygen atoms in total. The predicted molar refractivity (Wildman–Crippen MR) is 67.6 cm³/mol. The van der Waals surface area contributed by atoms with E-state index in [1.54, 1.807) is 19.5 Å². The first-order chi connectivity index (χ1) is 8.31. The summed E-state index contributed by atoms with van der Waals surface area (Å²) in [5, 5.41) is 0.484. The van der Waals surface area contributed by atoms with Gasteiger partial charge in [-0.2, -0.15) is 0 Å². The summed E-state index contributed by atoms with van der Waals surface area (Å²) in [5.41, 5.74) is 0. The van der Waals surface area contributed by atoms with Crippen LogP contribution in [0.25, 0.3) is 0 Å². The van der Waals surface area contributed by atoms with Gasteiger partial charge in [-0.25, -0.2) is 9.97 Å². The number of anilines is 1. The zero-order chi connectivity index (χ0) is 12.1. The van der Waals surface area contributed by atoms with E-state index in [1.165, 1.54) is 0 Å². The second-order valence-corrected chi connectivity index (χ2v) is 4.35. The van der Waals surface area contributed by atoms with Gasteiger partial charge in [-0.3, -0.25) is 4.90 Å². The lowest BCUT2D eigenvalue weighted by molar-refractivity contribution is 0.144. The molecule has 6 heteroatoms. The molecule has 2 heterocycles. The number of aromatic nitrogens is 2. The second-order valence-electron chi connectivity index (χ2n) is 3.99. The number of rotatable bonds is 4. The highest BCUT2D eigenvalue weighted by molar-refractivity contribution is 6.31. The molecular formula is C11H17ClN4O. The first kappa shape index (κ1) is 12.5. The van der Waals surface area contributed by atoms with Crippen LogP contribution in [0, 0.1) is 0 Å². The topological polar surface area (TPSA) is 41.5 Å². The van der Waals surface area contributed by atoms with Crippen molar-refractivity contribution in [2.75, 3.05) is 51.3 Å². The summed E-state index contributed by atoms with van der Waals surface area (Å²) in [6, 6.07) is 0. The van der Waals surface area contributed by atoms with Gasteiger partial charge in [0, 0.05) is 52.2 Å². The van der Waals surface area contributed by atoms with Gasteiger partial charge in [0.15, 0.2) is 11.0 Å². The number of hydrogen-bond acceptors (Lipinski definition) is 5. The molecule has 1 saturated heterocycles. The van der Waals surface area contributed by atoms with Crippen molar-refractivity contribution in [3.05, 3.63) is 17.5 Å². The third-order valence-corrected chi connectivity index (χ3v) is 3.19. The van der Waals surface area contributed by atoms with Crippen LogP contribution < -0.4 is 4.90 Å². The molecule has 0 bridgehead atoms. The number of methoxy groups -OCH3 is 1. The predicted octanol–water partition coefficient (Wildman–Crippen LogP) is 0.898. The van der Waals surface area contributed by atoms with E-state index in [9.17, 15) is 0 Å². The number of ether oxygens (including phenoxy) is 1. The molecule has 1 fully saturated rings. The van der Waals surface area contributed by atoms with Crippen LogP contribution in [0.5, 0.6) is 0 Å². The minimum absolute atomic E-state index is 0.484. The van der Waals surface area contributed by atoms with Crippen LogP contribution in [0.4, 0.5) is 5.82 Å². The zero-order valence-electron chi connectivity index (χ0n) is 9.97. The Morgan fingerprint density at radius 1 is 1.24 bits per heavy atom. The standard InChI is InChI=1S/C11H17ClN4O/c1-17-9-8-15-4-6-16(7-5-15)11-10(12)13-2-3-14-11/h2-3H,4-9H2,1H3. The van der Waals surface area contributed by atoms with Crippen molar-refractivity contribution in [1.82, 2.24) is 14.9 Å². The van der Waals surface area contributed by atoms with Crippen LogP contribution >= 0.6 is 11.6 Å². The molecule has 0 spiro atoms. The molecule has 1 aliphatic rings. The molecule has 1 aromatic rings. The van der Waals surface area contributed by atoms with Crippen LogP contribution in [0.2, 0.25) is 5.15 Å². The summed E-state index contributed by atoms with van der Waals surface area (Å²) >= 11 is 6.03. The van der Waals surface area contributed by atoms with Crippen molar-refractivity contribution < 1.29 is 4.74 Å². The van der Waals surface area contributed by atoms with Gasteiger partial charge >= 0.3 is 0 Å². The van der Waals surface area contributed by atoms with Crippen molar-refractivity contribution in [3.8, 4) is 0 Å². The lowest BCUT2D eigenvalue weighted by Gasteiger charge is -2.35. The molecule has 0 amide bonds. The van der Waals surface area contributed by atoms with Gasteiger partial charge in [-0.05, 0) is 0 Å². The van der Waals surface area contributed by atoms with Crippen LogP contribution in [0.15, 0.2) is 12.4 Å². The fourth-order valence-electron chi connectivity index (χ4n) is 1.93. The minimum atomic E-state index is 0.484. The quantitative estimate of drug-likeness (QED) is 0.801. The molecule has 0 unspecified atom stereocenters. The fourth-order valence-corrected chi connectivity index (χ4v) is 2.15. The van der Waals surface area contributed by atoms with E-state index in [0.717, 1.165) is 45.1 Å². The van der Waals surface area contributed by atoms with E-state index in [-0.39, 0.29) is 0 Å². The molecule has 94 valence electrons. The number of hydrogen-bond donors (Lipinski definition) is 0. The van der Waals surface area contributed by atoms with Crippen molar-refractivity contribution in [2.45, 2.75) is 0 Å². The first-order valence-corrected chi connectivity index (χ1v) is 6.12. The Labute approximate surface area is 106 Å². The monoisotopic (exact) mass is 256 g/mol. The summed E-state index contributed by atoms with van der Waals surface area (Å²) in [5.74, 6) is 0.792. The highest BCUT2D eigenvalue weighted by Gasteiger charge is 2.19. The van der Waals surface area contributed by atoms with Crippen LogP contribution in [-0.4, -0.2) is 61.3 Å². The Balaban J connectivity index is 1.89. The Hall–Kier alpha value is -0.910. The van der Waals surface area contributed by atoms with E-state index >= 15 is 0 Å². The summed E-state index contributed by atoms with van der Waals surface area (Å²) in [6.45, 7) is 5.65. The molecule has 0 saturated carbocycles. The SMILES string of the molecule is COCCN1CCN(c2nccnc2Cl)CC1. The van der Waals surface area contributed by atoms with Gasteiger partial charge in [0.2, 0.25) is 0 Å². The molecule has 0 N–H and O–H groups in total. The maximum atomic E-state index is 6.03. The Morgan fingerprint density at radius 3 is 2.59 bits per heavy atom. The second kappa shape index (κ2) is 6.14. The molecule has 0 radical (unpaired) electrons. The number of halogens is 1. The lowest BCUT2D eigenvalue weighted by Crippen LogP contribution is -2.47. The normalized spacial score (nSPS) is 17.4. The van der Waals surface area contributed by atoms with E-state index in [2.05, 4.69) is 19.8 Å². The smallest absolute Gasteiger partial charge is 0.171 e. The molecule has 0 atom stereocenters. The molecule has 0 aliphatic carbocycles. The number of piperazine rings is 1. The van der Waals surface area contributed by atoms with Crippen molar-refractivity contribution in [2.24, 2.45) is 0 Å². The van der Waals surface area contributed by atoms with Gasteiger partial charge < -0.3 is 9.64 Å². The summed E-state index contributed by atoms with van der Waals surface area (Å²) in [4.78, 5) is 12.9. The molecule has 1 aromatic heterocycles. The van der Waals surface area contributed by atoms with Crippen LogP contribution in [0.3, 0.4) is 0 Å². The van der Waals surface area contributed by atoms with Crippen LogP contribution in [0.1, 0.15) is 0 Å². The summed E-state index contributed by atoms with van der Waals surface area (Å²) < 4.78 is 5.08. The summed E-state index contributed by atoms with van der Waals surface area (Å²) in [7, 11) is 1.73. The molecule has 0 aromatic carbocycles. The third kappa shape index (κ3) is 3.28. The lowest BCUT2D eigenvalue weighted by atomic mass is 10.3. The van der Waals surface area contributed by atoms with Crippen molar-refractivity contribution >= 4 is 17.4 Å². The largest absolute Gasteiger partial charge is 0.383 e. The average Bonchev–Trinajstić information content (AvgIpc) is 2.38. The maximum Gasteiger partial charge on any atom is 0.171 e. The molecular weight excluding hydrogens is 240 g/mol. The third-order valence-electron chi connectivity index (χ3n) is 2.92. The van der Waals surface area contributed by atoms with Gasteiger partial charge in [0.25, 0.3) is 0 Å². The van der Waals surface area contributed by atoms with Crippen molar-refractivity contribution in [3.63, 3.8) is 0 Å². The fraction of sp³-hybridized carbons (Fsp3) is 0.636. The highest BCUT2D eigenvalue weighted by atomic mass is 35.5. The van der Waals surface area contributed by atoms with Gasteiger partial charge in [-0.1, -0.05) is 11.6 Å². The number of nitrogens with zero attached hydrogens (tertiary/aromatic N) is 4. The van der Waals surface area contributed by atoms with Gasteiger partial charge in [0.05, 0.1) is 6.61 Å². The summed E-state index contributed by atoms with van der Waals surface area (Å²) in [6.07, 6.45) is 3.29. The maximum absolute atomic E-state index is 6.03. The first-order valence-electron chi connectivity index (χ1n) is 5.74. The van der Waals surface area contributed by atoms with Crippen molar-refractivity contribution in [1.29, 1.82) is 0 Å². The molecule has 2 rings (SSSR count). The van der Waals surface area contributed by atoms with Gasteiger partial charge in [0.1, 0.15) is 0 Å². The minimum Gasteiger partial charge on any atom is -0.383 e.